The van der Waals surface area contributed by atoms with Crippen LogP contribution in [0.1, 0.15) is 37.7 Å². The first-order valence-electron chi connectivity index (χ1n) is 7.20. The average molecular weight is 334 g/mol. The van der Waals surface area contributed by atoms with Gasteiger partial charge in [-0.15, -0.1) is 0 Å². The van der Waals surface area contributed by atoms with Crippen molar-refractivity contribution in [1.29, 1.82) is 0 Å². The Hall–Kier alpha value is -1.06. The molecule has 0 aliphatic heterocycles. The molecule has 3 heteroatoms. The van der Waals surface area contributed by atoms with E-state index in [1.807, 2.05) is 6.07 Å². The summed E-state index contributed by atoms with van der Waals surface area (Å²) in [5.74, 6) is 0.921. The highest BCUT2D eigenvalue weighted by atomic mass is 79.9. The molecule has 1 aliphatic rings. The minimum Gasteiger partial charge on any atom is -0.496 e. The van der Waals surface area contributed by atoms with E-state index in [0.717, 1.165) is 23.1 Å². The number of halogens is 1. The smallest absolute Gasteiger partial charge is 0.124 e. The standard InChI is InChI=1S/C17H20BrNO/c1-20-15-8-5-12-11-13(18)6-7-14(12)16(15)17(19)9-3-2-4-10-17/h5-8,11H,2-4,9-10,19H2,1H3. The number of nitrogens with two attached hydrogens (primary N) is 1. The van der Waals surface area contributed by atoms with Crippen molar-refractivity contribution in [3.63, 3.8) is 0 Å². The Morgan fingerprint density at radius 2 is 1.85 bits per heavy atom. The molecule has 0 atom stereocenters. The third-order valence-corrected chi connectivity index (χ3v) is 4.90. The SMILES string of the molecule is COc1ccc2cc(Br)ccc2c1C1(N)CCCCC1. The Morgan fingerprint density at radius 3 is 2.55 bits per heavy atom. The summed E-state index contributed by atoms with van der Waals surface area (Å²) in [6, 6.07) is 10.5. The summed E-state index contributed by atoms with van der Waals surface area (Å²) in [6.07, 6.45) is 5.77. The molecular weight excluding hydrogens is 314 g/mol. The first-order valence-corrected chi connectivity index (χ1v) is 7.99. The largest absolute Gasteiger partial charge is 0.496 e. The van der Waals surface area contributed by atoms with Gasteiger partial charge in [-0.2, -0.15) is 0 Å². The van der Waals surface area contributed by atoms with Crippen molar-refractivity contribution in [3.8, 4) is 5.75 Å². The molecule has 0 spiro atoms. The number of benzene rings is 2. The number of hydrogen-bond acceptors (Lipinski definition) is 2. The lowest BCUT2D eigenvalue weighted by atomic mass is 9.75. The molecule has 0 bridgehead atoms. The van der Waals surface area contributed by atoms with Crippen LogP contribution in [0.5, 0.6) is 5.75 Å². The molecule has 0 radical (unpaired) electrons. The third kappa shape index (κ3) is 2.33. The summed E-state index contributed by atoms with van der Waals surface area (Å²) in [7, 11) is 1.73. The summed E-state index contributed by atoms with van der Waals surface area (Å²) < 4.78 is 6.70. The number of methoxy groups -OCH3 is 1. The Labute approximate surface area is 128 Å². The van der Waals surface area contributed by atoms with Gasteiger partial charge in [0, 0.05) is 15.6 Å². The van der Waals surface area contributed by atoms with E-state index < -0.39 is 0 Å². The molecule has 2 nitrogen and oxygen atoms in total. The van der Waals surface area contributed by atoms with Crippen LogP contribution < -0.4 is 10.5 Å². The Bertz CT molecular complexity index is 632. The highest BCUT2D eigenvalue weighted by molar-refractivity contribution is 9.10. The van der Waals surface area contributed by atoms with Crippen LogP contribution >= 0.6 is 15.9 Å². The molecule has 1 aliphatic carbocycles. The molecule has 3 rings (SSSR count). The maximum Gasteiger partial charge on any atom is 0.124 e. The number of hydrogen-bond donors (Lipinski definition) is 1. The predicted octanol–water partition coefficient (Wildman–Crippen LogP) is 4.73. The van der Waals surface area contributed by atoms with Gasteiger partial charge in [-0.25, -0.2) is 0 Å². The molecule has 2 aromatic rings. The van der Waals surface area contributed by atoms with E-state index >= 15 is 0 Å². The van der Waals surface area contributed by atoms with Crippen LogP contribution in [-0.4, -0.2) is 7.11 Å². The van der Waals surface area contributed by atoms with Gasteiger partial charge in [-0.1, -0.05) is 47.3 Å². The highest BCUT2D eigenvalue weighted by Crippen LogP contribution is 2.43. The van der Waals surface area contributed by atoms with E-state index in [2.05, 4.69) is 40.2 Å². The van der Waals surface area contributed by atoms with Gasteiger partial charge in [0.2, 0.25) is 0 Å². The Balaban J connectivity index is 2.25. The van der Waals surface area contributed by atoms with Gasteiger partial charge in [0.25, 0.3) is 0 Å². The second-order valence-electron chi connectivity index (χ2n) is 5.73. The number of rotatable bonds is 2. The fraction of sp³-hybridized carbons (Fsp3) is 0.412. The molecule has 2 aromatic carbocycles. The summed E-state index contributed by atoms with van der Waals surface area (Å²) in [5.41, 5.74) is 7.70. The van der Waals surface area contributed by atoms with E-state index in [1.54, 1.807) is 7.11 Å². The normalized spacial score (nSPS) is 18.1. The van der Waals surface area contributed by atoms with Crippen LogP contribution in [0.3, 0.4) is 0 Å². The second kappa shape index (κ2) is 5.38. The monoisotopic (exact) mass is 333 g/mol. The van der Waals surface area contributed by atoms with Crippen LogP contribution in [-0.2, 0) is 5.54 Å². The zero-order chi connectivity index (χ0) is 14.2. The maximum atomic E-state index is 6.77. The Morgan fingerprint density at radius 1 is 1.10 bits per heavy atom. The van der Waals surface area contributed by atoms with Gasteiger partial charge < -0.3 is 10.5 Å². The zero-order valence-corrected chi connectivity index (χ0v) is 13.4. The van der Waals surface area contributed by atoms with Crippen LogP contribution in [0.25, 0.3) is 10.8 Å². The van der Waals surface area contributed by atoms with Gasteiger partial charge in [0.05, 0.1) is 7.11 Å². The van der Waals surface area contributed by atoms with E-state index in [-0.39, 0.29) is 5.54 Å². The lowest BCUT2D eigenvalue weighted by Crippen LogP contribution is -2.39. The Kier molecular flexibility index (Phi) is 3.74. The molecule has 20 heavy (non-hydrogen) atoms. The van der Waals surface area contributed by atoms with Crippen molar-refractivity contribution in [2.24, 2.45) is 5.73 Å². The summed E-state index contributed by atoms with van der Waals surface area (Å²) >= 11 is 3.54. The summed E-state index contributed by atoms with van der Waals surface area (Å²) in [4.78, 5) is 0. The third-order valence-electron chi connectivity index (χ3n) is 4.41. The van der Waals surface area contributed by atoms with Crippen LogP contribution in [0.2, 0.25) is 0 Å². The van der Waals surface area contributed by atoms with E-state index in [0.29, 0.717) is 0 Å². The zero-order valence-electron chi connectivity index (χ0n) is 11.8. The maximum absolute atomic E-state index is 6.77. The first kappa shape index (κ1) is 13.9. The van der Waals surface area contributed by atoms with Crippen molar-refractivity contribution in [2.45, 2.75) is 37.6 Å². The lowest BCUT2D eigenvalue weighted by molar-refractivity contribution is 0.291. The molecule has 0 heterocycles. The topological polar surface area (TPSA) is 35.2 Å². The van der Waals surface area contributed by atoms with Gasteiger partial charge in [-0.05, 0) is 41.8 Å². The summed E-state index contributed by atoms with van der Waals surface area (Å²) in [5, 5.41) is 2.43. The van der Waals surface area contributed by atoms with Crippen molar-refractivity contribution in [2.75, 3.05) is 7.11 Å². The van der Waals surface area contributed by atoms with E-state index in [9.17, 15) is 0 Å². The van der Waals surface area contributed by atoms with Gasteiger partial charge in [0.1, 0.15) is 5.75 Å². The van der Waals surface area contributed by atoms with Crippen LogP contribution in [0, 0.1) is 0 Å². The molecule has 0 aromatic heterocycles. The number of ether oxygens (including phenoxy) is 1. The molecule has 1 fully saturated rings. The molecule has 0 amide bonds. The van der Waals surface area contributed by atoms with Gasteiger partial charge >= 0.3 is 0 Å². The second-order valence-corrected chi connectivity index (χ2v) is 6.64. The molecule has 2 N–H and O–H groups in total. The molecular formula is C17H20BrNO. The fourth-order valence-corrected chi connectivity index (χ4v) is 3.78. The lowest BCUT2D eigenvalue weighted by Gasteiger charge is -2.36. The molecule has 0 saturated heterocycles. The van der Waals surface area contributed by atoms with Crippen LogP contribution in [0.4, 0.5) is 0 Å². The average Bonchev–Trinajstić information content (AvgIpc) is 2.46. The van der Waals surface area contributed by atoms with Crippen molar-refractivity contribution in [3.05, 3.63) is 40.4 Å². The quantitative estimate of drug-likeness (QED) is 0.862. The van der Waals surface area contributed by atoms with Crippen molar-refractivity contribution in [1.82, 2.24) is 0 Å². The molecule has 0 unspecified atom stereocenters. The van der Waals surface area contributed by atoms with Crippen molar-refractivity contribution >= 4 is 26.7 Å². The molecule has 106 valence electrons. The number of fused-ring (bicyclic) bond motifs is 1. The van der Waals surface area contributed by atoms with Gasteiger partial charge in [0.15, 0.2) is 0 Å². The summed E-state index contributed by atoms with van der Waals surface area (Å²) in [6.45, 7) is 0. The van der Waals surface area contributed by atoms with Crippen LogP contribution in [0.15, 0.2) is 34.8 Å². The molecule has 1 saturated carbocycles. The first-order chi connectivity index (χ1) is 9.64. The predicted molar refractivity (Wildman–Crippen MR) is 87.2 cm³/mol. The highest BCUT2D eigenvalue weighted by Gasteiger charge is 2.33. The minimum atomic E-state index is -0.253. The van der Waals surface area contributed by atoms with E-state index in [4.69, 9.17) is 10.5 Å². The van der Waals surface area contributed by atoms with Crippen molar-refractivity contribution < 1.29 is 4.74 Å². The van der Waals surface area contributed by atoms with Gasteiger partial charge in [-0.3, -0.25) is 0 Å². The minimum absolute atomic E-state index is 0.253. The van der Waals surface area contributed by atoms with E-state index in [1.165, 1.54) is 35.6 Å². The fourth-order valence-electron chi connectivity index (χ4n) is 3.40.